The van der Waals surface area contributed by atoms with E-state index in [4.69, 9.17) is 4.42 Å². The molecule has 0 bridgehead atoms. The number of nitrogens with zero attached hydrogens (tertiary/aromatic N) is 1. The van der Waals surface area contributed by atoms with Crippen molar-refractivity contribution in [1.29, 1.82) is 0 Å². The Labute approximate surface area is 148 Å². The monoisotopic (exact) mass is 343 g/mol. The average Bonchev–Trinajstić information content (AvgIpc) is 3.14. The van der Waals surface area contributed by atoms with E-state index in [1.807, 2.05) is 12.1 Å². The first-order valence-electron chi connectivity index (χ1n) is 8.36. The molecule has 0 aliphatic rings. The zero-order valence-electron chi connectivity index (χ0n) is 14.9. The van der Waals surface area contributed by atoms with Gasteiger partial charge < -0.3 is 20.0 Å². The molecule has 25 heavy (non-hydrogen) atoms. The van der Waals surface area contributed by atoms with E-state index in [2.05, 4.69) is 41.6 Å². The smallest absolute Gasteiger partial charge is 0.255 e. The Morgan fingerprint density at radius 3 is 2.68 bits per heavy atom. The Morgan fingerprint density at radius 2 is 2.00 bits per heavy atom. The first kappa shape index (κ1) is 18.7. The number of hydrogen-bond acceptors (Lipinski definition) is 4. The summed E-state index contributed by atoms with van der Waals surface area (Å²) in [5.74, 6) is -0.561. The number of carbonyl (C=O) groups excluding carboxylic acids is 2. The highest BCUT2D eigenvalue weighted by atomic mass is 16.3. The molecule has 1 atom stereocenters. The lowest BCUT2D eigenvalue weighted by atomic mass is 10.1. The van der Waals surface area contributed by atoms with Gasteiger partial charge in [0.1, 0.15) is 12.3 Å². The summed E-state index contributed by atoms with van der Waals surface area (Å²) >= 11 is 0. The number of rotatable bonds is 8. The maximum atomic E-state index is 12.2. The van der Waals surface area contributed by atoms with E-state index < -0.39 is 6.04 Å². The fourth-order valence-electron chi connectivity index (χ4n) is 2.34. The molecule has 2 rings (SSSR count). The standard InChI is InChI=1S/C19H25N3O3/c1-4-22(3)12-16-7-5-6-15(10-16)11-20-18(23)14(2)21-19(24)17-8-9-25-13-17/h5-10,13-14H,4,11-12H2,1-3H3,(H,20,23)(H,21,24)/t14-/m0/s1. The van der Waals surface area contributed by atoms with Crippen LogP contribution in [0.1, 0.15) is 35.3 Å². The van der Waals surface area contributed by atoms with Gasteiger partial charge >= 0.3 is 0 Å². The van der Waals surface area contributed by atoms with Crippen LogP contribution in [0.3, 0.4) is 0 Å². The van der Waals surface area contributed by atoms with Crippen LogP contribution in [0.15, 0.2) is 47.3 Å². The molecule has 0 radical (unpaired) electrons. The summed E-state index contributed by atoms with van der Waals surface area (Å²) in [5.41, 5.74) is 2.63. The molecule has 2 aromatic rings. The number of nitrogens with one attached hydrogen (secondary N) is 2. The second kappa shape index (κ2) is 9.03. The fourth-order valence-corrected chi connectivity index (χ4v) is 2.34. The normalized spacial score (nSPS) is 12.0. The lowest BCUT2D eigenvalue weighted by molar-refractivity contribution is -0.122. The van der Waals surface area contributed by atoms with Crippen molar-refractivity contribution in [3.63, 3.8) is 0 Å². The molecular weight excluding hydrogens is 318 g/mol. The molecule has 0 saturated carbocycles. The third-order valence-corrected chi connectivity index (χ3v) is 3.97. The third-order valence-electron chi connectivity index (χ3n) is 3.97. The van der Waals surface area contributed by atoms with Crippen molar-refractivity contribution in [3.05, 3.63) is 59.5 Å². The van der Waals surface area contributed by atoms with Gasteiger partial charge in [0.15, 0.2) is 0 Å². The largest absolute Gasteiger partial charge is 0.472 e. The molecule has 6 heteroatoms. The van der Waals surface area contributed by atoms with Gasteiger partial charge in [0, 0.05) is 13.1 Å². The SMILES string of the molecule is CCN(C)Cc1cccc(CNC(=O)[C@H](C)NC(=O)c2ccoc2)c1. The van der Waals surface area contributed by atoms with Crippen LogP contribution in [-0.4, -0.2) is 36.3 Å². The molecule has 0 saturated heterocycles. The van der Waals surface area contributed by atoms with Gasteiger partial charge in [0.25, 0.3) is 5.91 Å². The maximum absolute atomic E-state index is 12.2. The Kier molecular flexibility index (Phi) is 6.77. The number of hydrogen-bond donors (Lipinski definition) is 2. The summed E-state index contributed by atoms with van der Waals surface area (Å²) < 4.78 is 4.86. The van der Waals surface area contributed by atoms with Crippen LogP contribution in [0.2, 0.25) is 0 Å². The van der Waals surface area contributed by atoms with Crippen molar-refractivity contribution in [2.75, 3.05) is 13.6 Å². The lowest BCUT2D eigenvalue weighted by Crippen LogP contribution is -2.44. The van der Waals surface area contributed by atoms with Crippen molar-refractivity contribution >= 4 is 11.8 Å². The number of carbonyl (C=O) groups is 2. The van der Waals surface area contributed by atoms with Gasteiger partial charge in [-0.3, -0.25) is 9.59 Å². The summed E-state index contributed by atoms with van der Waals surface area (Å²) in [5, 5.41) is 5.50. The van der Waals surface area contributed by atoms with E-state index in [1.54, 1.807) is 13.0 Å². The number of amides is 2. The van der Waals surface area contributed by atoms with Crippen LogP contribution in [0.25, 0.3) is 0 Å². The summed E-state index contributed by atoms with van der Waals surface area (Å²) in [6, 6.07) is 9.05. The highest BCUT2D eigenvalue weighted by molar-refractivity contribution is 5.97. The van der Waals surface area contributed by atoms with Gasteiger partial charge in [0.05, 0.1) is 11.8 Å². The van der Waals surface area contributed by atoms with E-state index >= 15 is 0 Å². The van der Waals surface area contributed by atoms with Crippen LogP contribution in [-0.2, 0) is 17.9 Å². The van der Waals surface area contributed by atoms with E-state index in [0.717, 1.165) is 18.7 Å². The quantitative estimate of drug-likeness (QED) is 0.770. The minimum atomic E-state index is -0.628. The van der Waals surface area contributed by atoms with Crippen molar-refractivity contribution in [3.8, 4) is 0 Å². The van der Waals surface area contributed by atoms with Gasteiger partial charge in [-0.2, -0.15) is 0 Å². The van der Waals surface area contributed by atoms with Crippen molar-refractivity contribution in [2.45, 2.75) is 33.0 Å². The van der Waals surface area contributed by atoms with Gasteiger partial charge in [0.2, 0.25) is 5.91 Å². The van der Waals surface area contributed by atoms with Gasteiger partial charge in [-0.15, -0.1) is 0 Å². The molecule has 1 heterocycles. The molecule has 0 aliphatic heterocycles. The maximum Gasteiger partial charge on any atom is 0.255 e. The van der Waals surface area contributed by atoms with Crippen molar-refractivity contribution in [2.24, 2.45) is 0 Å². The van der Waals surface area contributed by atoms with Crippen molar-refractivity contribution in [1.82, 2.24) is 15.5 Å². The minimum Gasteiger partial charge on any atom is -0.472 e. The molecule has 0 fully saturated rings. The third kappa shape index (κ3) is 5.76. The Balaban J connectivity index is 1.84. The molecule has 1 aromatic heterocycles. The van der Waals surface area contributed by atoms with Gasteiger partial charge in [-0.05, 0) is 37.7 Å². The van der Waals surface area contributed by atoms with Crippen molar-refractivity contribution < 1.29 is 14.0 Å². The first-order chi connectivity index (χ1) is 12.0. The average molecular weight is 343 g/mol. The fraction of sp³-hybridized carbons (Fsp3) is 0.368. The summed E-state index contributed by atoms with van der Waals surface area (Å²) in [6.07, 6.45) is 2.77. The predicted octanol–water partition coefficient (Wildman–Crippen LogP) is 2.17. The number of benzene rings is 1. The van der Waals surface area contributed by atoms with E-state index in [1.165, 1.54) is 18.1 Å². The van der Waals surface area contributed by atoms with Crippen LogP contribution in [0.4, 0.5) is 0 Å². The van der Waals surface area contributed by atoms with Crippen LogP contribution in [0.5, 0.6) is 0 Å². The summed E-state index contributed by atoms with van der Waals surface area (Å²) in [6.45, 7) is 6.04. The molecule has 6 nitrogen and oxygen atoms in total. The van der Waals surface area contributed by atoms with Gasteiger partial charge in [-0.1, -0.05) is 31.2 Å². The second-order valence-corrected chi connectivity index (χ2v) is 6.08. The zero-order chi connectivity index (χ0) is 18.2. The van der Waals surface area contributed by atoms with Crippen LogP contribution >= 0.6 is 0 Å². The molecule has 2 N–H and O–H groups in total. The molecule has 0 unspecified atom stereocenters. The highest BCUT2D eigenvalue weighted by Gasteiger charge is 2.16. The molecule has 0 spiro atoms. The van der Waals surface area contributed by atoms with E-state index in [0.29, 0.717) is 12.1 Å². The van der Waals surface area contributed by atoms with E-state index in [-0.39, 0.29) is 11.8 Å². The first-order valence-corrected chi connectivity index (χ1v) is 8.36. The molecule has 1 aromatic carbocycles. The Bertz CT molecular complexity index is 698. The summed E-state index contributed by atoms with van der Waals surface area (Å²) in [7, 11) is 2.07. The highest BCUT2D eigenvalue weighted by Crippen LogP contribution is 2.08. The zero-order valence-corrected chi connectivity index (χ0v) is 14.9. The molecular formula is C19H25N3O3. The lowest BCUT2D eigenvalue weighted by Gasteiger charge is -2.16. The minimum absolute atomic E-state index is 0.229. The Hall–Kier alpha value is -2.60. The van der Waals surface area contributed by atoms with Crippen LogP contribution < -0.4 is 10.6 Å². The molecule has 0 aliphatic carbocycles. The number of furan rings is 1. The predicted molar refractivity (Wildman–Crippen MR) is 95.9 cm³/mol. The second-order valence-electron chi connectivity index (χ2n) is 6.08. The molecule has 134 valence electrons. The van der Waals surface area contributed by atoms with Gasteiger partial charge in [-0.25, -0.2) is 0 Å². The van der Waals surface area contributed by atoms with E-state index in [9.17, 15) is 9.59 Å². The Morgan fingerprint density at radius 1 is 1.24 bits per heavy atom. The van der Waals surface area contributed by atoms with Crippen LogP contribution in [0, 0.1) is 0 Å². The topological polar surface area (TPSA) is 74.6 Å². The molecule has 2 amide bonds. The summed E-state index contributed by atoms with van der Waals surface area (Å²) in [4.78, 5) is 26.3.